The Morgan fingerprint density at radius 3 is 1.72 bits per heavy atom. The van der Waals surface area contributed by atoms with Gasteiger partial charge in [-0.15, -0.1) is 0 Å². The SMILES string of the molecule is CC1(C)c2ccccc2-c2cccc(N(c3ccc(-c4ccccc4)cc3)c3cccc4c(-c5ccc6c(c5)-c5ccccc5C65C6CC7CC(C6)CC5C7)cccc34)c21. The predicted octanol–water partition coefficient (Wildman–Crippen LogP) is 15.7. The van der Waals surface area contributed by atoms with E-state index in [2.05, 4.69) is 195 Å². The number of hydrogen-bond donors (Lipinski definition) is 0. The van der Waals surface area contributed by atoms with Crippen molar-refractivity contribution in [3.8, 4) is 44.5 Å². The molecule has 0 saturated heterocycles. The molecule has 0 N–H and O–H groups in total. The summed E-state index contributed by atoms with van der Waals surface area (Å²) in [4.78, 5) is 2.54. The second-order valence-corrected chi connectivity index (χ2v) is 19.3. The molecule has 60 heavy (non-hydrogen) atoms. The number of benzene rings is 8. The zero-order chi connectivity index (χ0) is 39.7. The fourth-order valence-corrected chi connectivity index (χ4v) is 13.9. The van der Waals surface area contributed by atoms with E-state index >= 15 is 0 Å². The van der Waals surface area contributed by atoms with Crippen molar-refractivity contribution >= 4 is 27.8 Å². The average molecular weight is 772 g/mol. The van der Waals surface area contributed by atoms with Crippen LogP contribution in [0, 0.1) is 23.7 Å². The lowest BCUT2D eigenvalue weighted by Crippen LogP contribution is -2.55. The summed E-state index contributed by atoms with van der Waals surface area (Å²) >= 11 is 0. The molecule has 0 radical (unpaired) electrons. The van der Waals surface area contributed by atoms with Crippen molar-refractivity contribution in [2.45, 2.75) is 56.8 Å². The molecule has 6 aliphatic carbocycles. The van der Waals surface area contributed by atoms with Crippen LogP contribution < -0.4 is 4.90 Å². The molecule has 0 atom stereocenters. The molecule has 14 rings (SSSR count). The first-order chi connectivity index (χ1) is 29.5. The molecule has 0 amide bonds. The Labute approximate surface area is 354 Å². The van der Waals surface area contributed by atoms with Gasteiger partial charge in [0.25, 0.3) is 0 Å². The molecule has 0 unspecified atom stereocenters. The van der Waals surface area contributed by atoms with Crippen LogP contribution in [0.5, 0.6) is 0 Å². The summed E-state index contributed by atoms with van der Waals surface area (Å²) in [5.41, 5.74) is 20.3. The molecule has 0 heterocycles. The van der Waals surface area contributed by atoms with Crippen molar-refractivity contribution in [1.29, 1.82) is 0 Å². The molecule has 0 aliphatic heterocycles. The Balaban J connectivity index is 0.989. The van der Waals surface area contributed by atoms with Crippen LogP contribution in [0.15, 0.2) is 176 Å². The predicted molar refractivity (Wildman–Crippen MR) is 250 cm³/mol. The fraction of sp³-hybridized carbons (Fsp3) is 0.220. The molecule has 8 aromatic carbocycles. The number of hydrogen-bond acceptors (Lipinski definition) is 1. The van der Waals surface area contributed by atoms with Crippen molar-refractivity contribution in [2.24, 2.45) is 23.7 Å². The highest BCUT2D eigenvalue weighted by atomic mass is 15.1. The largest absolute Gasteiger partial charge is 0.310 e. The molecule has 6 aliphatic rings. The number of anilines is 3. The van der Waals surface area contributed by atoms with Gasteiger partial charge < -0.3 is 4.90 Å². The maximum atomic E-state index is 2.57. The van der Waals surface area contributed by atoms with E-state index in [1.165, 1.54) is 110 Å². The molecule has 4 saturated carbocycles. The third-order valence-corrected chi connectivity index (χ3v) is 16.0. The van der Waals surface area contributed by atoms with Crippen LogP contribution in [0.1, 0.15) is 68.2 Å². The molecule has 1 heteroatoms. The highest BCUT2D eigenvalue weighted by Gasteiger charge is 2.61. The summed E-state index contributed by atoms with van der Waals surface area (Å²) in [6.07, 6.45) is 7.12. The Bertz CT molecular complexity index is 2990. The van der Waals surface area contributed by atoms with Crippen LogP contribution in [0.3, 0.4) is 0 Å². The molecular weight excluding hydrogens is 723 g/mol. The maximum absolute atomic E-state index is 2.57. The van der Waals surface area contributed by atoms with Gasteiger partial charge in [0, 0.05) is 21.9 Å². The molecule has 4 fully saturated rings. The quantitative estimate of drug-likeness (QED) is 0.168. The van der Waals surface area contributed by atoms with Crippen molar-refractivity contribution in [3.63, 3.8) is 0 Å². The monoisotopic (exact) mass is 771 g/mol. The highest BCUT2D eigenvalue weighted by molar-refractivity contribution is 6.07. The number of rotatable bonds is 5. The first kappa shape index (κ1) is 34.7. The normalized spacial score (nSPS) is 23.4. The van der Waals surface area contributed by atoms with Gasteiger partial charge in [0.1, 0.15) is 0 Å². The minimum absolute atomic E-state index is 0.171. The number of nitrogens with zero attached hydrogens (tertiary/aromatic N) is 1. The Kier molecular flexibility index (Phi) is 7.32. The average Bonchev–Trinajstić information content (AvgIpc) is 3.71. The van der Waals surface area contributed by atoms with Gasteiger partial charge in [-0.2, -0.15) is 0 Å². The van der Waals surface area contributed by atoms with E-state index in [0.29, 0.717) is 0 Å². The van der Waals surface area contributed by atoms with Gasteiger partial charge >= 0.3 is 0 Å². The first-order valence-corrected chi connectivity index (χ1v) is 22.4. The van der Waals surface area contributed by atoms with Crippen LogP contribution in [-0.4, -0.2) is 0 Å². The van der Waals surface area contributed by atoms with Crippen LogP contribution in [-0.2, 0) is 10.8 Å². The topological polar surface area (TPSA) is 3.24 Å². The van der Waals surface area contributed by atoms with Crippen LogP contribution in [0.2, 0.25) is 0 Å². The molecule has 8 aromatic rings. The fourth-order valence-electron chi connectivity index (χ4n) is 13.9. The summed E-state index contributed by atoms with van der Waals surface area (Å²) < 4.78 is 0. The van der Waals surface area contributed by atoms with Crippen molar-refractivity contribution in [3.05, 3.63) is 198 Å². The van der Waals surface area contributed by atoms with Gasteiger partial charge in [-0.05, 0) is 158 Å². The highest BCUT2D eigenvalue weighted by Crippen LogP contribution is 2.69. The lowest BCUT2D eigenvalue weighted by molar-refractivity contribution is -0.0399. The van der Waals surface area contributed by atoms with Gasteiger partial charge in [0.15, 0.2) is 0 Å². The van der Waals surface area contributed by atoms with Gasteiger partial charge in [-0.3, -0.25) is 0 Å². The van der Waals surface area contributed by atoms with Crippen LogP contribution in [0.25, 0.3) is 55.3 Å². The lowest BCUT2D eigenvalue weighted by atomic mass is 9.43. The summed E-state index contributed by atoms with van der Waals surface area (Å²) in [6, 6.07) is 66.9. The molecule has 4 bridgehead atoms. The smallest absolute Gasteiger partial charge is 0.0540 e. The zero-order valence-electron chi connectivity index (χ0n) is 34.5. The Morgan fingerprint density at radius 2 is 0.950 bits per heavy atom. The van der Waals surface area contributed by atoms with Gasteiger partial charge in [-0.1, -0.05) is 159 Å². The van der Waals surface area contributed by atoms with Gasteiger partial charge in [0.05, 0.1) is 11.4 Å². The van der Waals surface area contributed by atoms with E-state index in [9.17, 15) is 0 Å². The third-order valence-electron chi connectivity index (χ3n) is 16.0. The van der Waals surface area contributed by atoms with Crippen LogP contribution in [0.4, 0.5) is 17.1 Å². The summed E-state index contributed by atoms with van der Waals surface area (Å²) in [5, 5.41) is 2.54. The molecular formula is C59H49N. The van der Waals surface area contributed by atoms with Gasteiger partial charge in [-0.25, -0.2) is 0 Å². The second-order valence-electron chi connectivity index (χ2n) is 19.3. The Morgan fingerprint density at radius 1 is 0.400 bits per heavy atom. The summed E-state index contributed by atoms with van der Waals surface area (Å²) in [5.74, 6) is 3.43. The van der Waals surface area contributed by atoms with E-state index in [1.807, 2.05) is 0 Å². The van der Waals surface area contributed by atoms with Crippen molar-refractivity contribution in [2.75, 3.05) is 4.90 Å². The number of fused-ring (bicyclic) bond motifs is 7. The van der Waals surface area contributed by atoms with E-state index in [1.54, 1.807) is 11.1 Å². The first-order valence-electron chi connectivity index (χ1n) is 22.4. The standard InChI is InChI=1S/C59H49N/c1-58(2)52-21-8-6-15-47(52)50-20-12-24-56(57(50)58)60(44-28-25-40(26-29-44)39-13-4-3-5-14-39)55-23-11-18-46-45(17-10-19-49(46)55)41-27-30-54-51(36-41)48-16-7-9-22-53(48)59(54)42-32-37-31-38(34-42)35-43(59)33-37/h3-30,36-38,42-43H,31-35H2,1-2H3. The minimum atomic E-state index is -0.171. The van der Waals surface area contributed by atoms with E-state index in [4.69, 9.17) is 0 Å². The summed E-state index contributed by atoms with van der Waals surface area (Å²) in [6.45, 7) is 4.80. The molecule has 0 aromatic heterocycles. The van der Waals surface area contributed by atoms with Gasteiger partial charge in [0.2, 0.25) is 0 Å². The summed E-state index contributed by atoms with van der Waals surface area (Å²) in [7, 11) is 0. The minimum Gasteiger partial charge on any atom is -0.310 e. The van der Waals surface area contributed by atoms with Crippen molar-refractivity contribution in [1.82, 2.24) is 0 Å². The lowest BCUT2D eigenvalue weighted by Gasteiger charge is -2.61. The van der Waals surface area contributed by atoms with Crippen molar-refractivity contribution < 1.29 is 0 Å². The zero-order valence-corrected chi connectivity index (χ0v) is 34.5. The second kappa shape index (κ2) is 12.7. The maximum Gasteiger partial charge on any atom is 0.0540 e. The molecule has 1 nitrogen and oxygen atoms in total. The molecule has 1 spiro atoms. The van der Waals surface area contributed by atoms with E-state index < -0.39 is 0 Å². The van der Waals surface area contributed by atoms with Crippen LogP contribution >= 0.6 is 0 Å². The Hall–Kier alpha value is -6.18. The van der Waals surface area contributed by atoms with E-state index in [-0.39, 0.29) is 10.8 Å². The molecule has 290 valence electrons. The van der Waals surface area contributed by atoms with E-state index in [0.717, 1.165) is 29.4 Å². The third kappa shape index (κ3) is 4.70.